The molecule has 0 saturated carbocycles. The molecule has 2 aromatic rings. The molecule has 1 aromatic heterocycles. The van der Waals surface area contributed by atoms with Crippen LogP contribution in [0, 0.1) is 0 Å². The van der Waals surface area contributed by atoms with Crippen molar-refractivity contribution < 1.29 is 0 Å². The molecule has 20 heavy (non-hydrogen) atoms. The lowest BCUT2D eigenvalue weighted by Crippen LogP contribution is -2.22. The average molecular weight is 271 g/mol. The van der Waals surface area contributed by atoms with Crippen LogP contribution in [0.1, 0.15) is 43.9 Å². The quantitative estimate of drug-likeness (QED) is 0.795. The zero-order valence-electron chi connectivity index (χ0n) is 12.5. The van der Waals surface area contributed by atoms with Gasteiger partial charge in [-0.15, -0.1) is 0 Å². The fraction of sp³-hybridized carbons (Fsp3) is 0.471. The van der Waals surface area contributed by atoms with Crippen LogP contribution in [0.15, 0.2) is 42.7 Å². The van der Waals surface area contributed by atoms with Crippen molar-refractivity contribution in [3.05, 3.63) is 53.9 Å². The fourth-order valence-electron chi connectivity index (χ4n) is 2.41. The van der Waals surface area contributed by atoms with Crippen LogP contribution in [0.2, 0.25) is 0 Å². The van der Waals surface area contributed by atoms with Gasteiger partial charge < -0.3 is 5.32 Å². The van der Waals surface area contributed by atoms with Gasteiger partial charge in [-0.3, -0.25) is 4.68 Å². The molecule has 1 N–H and O–H groups in total. The number of aryl methyl sites for hydroxylation is 2. The number of nitrogens with zero attached hydrogens (tertiary/aromatic N) is 2. The molecule has 0 aliphatic heterocycles. The van der Waals surface area contributed by atoms with Gasteiger partial charge in [0.1, 0.15) is 0 Å². The van der Waals surface area contributed by atoms with Gasteiger partial charge in [0.2, 0.25) is 0 Å². The van der Waals surface area contributed by atoms with Crippen molar-refractivity contribution in [1.29, 1.82) is 0 Å². The summed E-state index contributed by atoms with van der Waals surface area (Å²) < 4.78 is 1.99. The van der Waals surface area contributed by atoms with E-state index in [0.29, 0.717) is 6.04 Å². The van der Waals surface area contributed by atoms with Crippen molar-refractivity contribution >= 4 is 0 Å². The highest BCUT2D eigenvalue weighted by molar-refractivity contribution is 5.19. The molecule has 2 rings (SSSR count). The summed E-state index contributed by atoms with van der Waals surface area (Å²) in [6.07, 6.45) is 7.49. The lowest BCUT2D eigenvalue weighted by molar-refractivity contribution is 0.499. The van der Waals surface area contributed by atoms with Crippen LogP contribution in [-0.4, -0.2) is 16.3 Å². The van der Waals surface area contributed by atoms with Crippen molar-refractivity contribution in [1.82, 2.24) is 15.1 Å². The monoisotopic (exact) mass is 271 g/mol. The maximum atomic E-state index is 4.34. The molecule has 0 aliphatic rings. The Balaban J connectivity index is 1.97. The van der Waals surface area contributed by atoms with Crippen LogP contribution in [0.4, 0.5) is 0 Å². The SMILES string of the molecule is CCCNC(CCc1cnn(CC)c1)c1ccccc1. The van der Waals surface area contributed by atoms with Gasteiger partial charge in [0.25, 0.3) is 0 Å². The van der Waals surface area contributed by atoms with Crippen molar-refractivity contribution in [2.75, 3.05) is 6.54 Å². The van der Waals surface area contributed by atoms with Gasteiger partial charge in [0.15, 0.2) is 0 Å². The van der Waals surface area contributed by atoms with Crippen molar-refractivity contribution in [2.45, 2.75) is 45.7 Å². The maximum Gasteiger partial charge on any atom is 0.0521 e. The first kappa shape index (κ1) is 14.8. The Morgan fingerprint density at radius 1 is 1.20 bits per heavy atom. The molecule has 0 spiro atoms. The van der Waals surface area contributed by atoms with E-state index in [4.69, 9.17) is 0 Å². The third kappa shape index (κ3) is 4.20. The van der Waals surface area contributed by atoms with Crippen LogP contribution in [0.25, 0.3) is 0 Å². The van der Waals surface area contributed by atoms with E-state index in [0.717, 1.165) is 32.4 Å². The molecule has 0 fully saturated rings. The molecule has 1 unspecified atom stereocenters. The van der Waals surface area contributed by atoms with E-state index in [1.54, 1.807) is 0 Å². The Hall–Kier alpha value is -1.61. The Morgan fingerprint density at radius 3 is 2.65 bits per heavy atom. The number of rotatable bonds is 8. The van der Waals surface area contributed by atoms with Gasteiger partial charge in [0, 0.05) is 18.8 Å². The Morgan fingerprint density at radius 2 is 2.00 bits per heavy atom. The number of aromatic nitrogens is 2. The van der Waals surface area contributed by atoms with Gasteiger partial charge >= 0.3 is 0 Å². The molecule has 0 aliphatic carbocycles. The second kappa shape index (κ2) is 7.85. The van der Waals surface area contributed by atoms with Crippen LogP contribution >= 0.6 is 0 Å². The molecule has 1 atom stereocenters. The summed E-state index contributed by atoms with van der Waals surface area (Å²) in [5.41, 5.74) is 2.70. The molecule has 0 bridgehead atoms. The van der Waals surface area contributed by atoms with E-state index in [9.17, 15) is 0 Å². The predicted molar refractivity (Wildman–Crippen MR) is 83.7 cm³/mol. The van der Waals surface area contributed by atoms with E-state index >= 15 is 0 Å². The van der Waals surface area contributed by atoms with Gasteiger partial charge in [-0.2, -0.15) is 5.10 Å². The lowest BCUT2D eigenvalue weighted by Gasteiger charge is -2.18. The van der Waals surface area contributed by atoms with Crippen LogP contribution in [0.3, 0.4) is 0 Å². The predicted octanol–water partition coefficient (Wildman–Crippen LogP) is 3.58. The first-order valence-electron chi connectivity index (χ1n) is 7.63. The summed E-state index contributed by atoms with van der Waals surface area (Å²) in [7, 11) is 0. The summed E-state index contributed by atoms with van der Waals surface area (Å²) in [5.74, 6) is 0. The molecule has 0 saturated heterocycles. The maximum absolute atomic E-state index is 4.34. The number of nitrogens with one attached hydrogen (secondary N) is 1. The third-order valence-corrected chi connectivity index (χ3v) is 3.58. The van der Waals surface area contributed by atoms with E-state index in [2.05, 4.69) is 60.8 Å². The Bertz CT molecular complexity index is 490. The topological polar surface area (TPSA) is 29.9 Å². The highest BCUT2D eigenvalue weighted by Gasteiger charge is 2.10. The summed E-state index contributed by atoms with van der Waals surface area (Å²) in [6, 6.07) is 11.2. The average Bonchev–Trinajstić information content (AvgIpc) is 2.96. The van der Waals surface area contributed by atoms with Gasteiger partial charge in [-0.25, -0.2) is 0 Å². The van der Waals surface area contributed by atoms with Gasteiger partial charge in [-0.05, 0) is 43.9 Å². The van der Waals surface area contributed by atoms with E-state index < -0.39 is 0 Å². The highest BCUT2D eigenvalue weighted by atomic mass is 15.3. The number of hydrogen-bond acceptors (Lipinski definition) is 2. The minimum absolute atomic E-state index is 0.432. The first-order valence-corrected chi connectivity index (χ1v) is 7.63. The molecule has 108 valence electrons. The summed E-state index contributed by atoms with van der Waals surface area (Å²) in [4.78, 5) is 0. The molecule has 3 nitrogen and oxygen atoms in total. The molecule has 0 radical (unpaired) electrons. The van der Waals surface area contributed by atoms with E-state index in [1.165, 1.54) is 11.1 Å². The standard InChI is InChI=1S/C17H25N3/c1-3-12-18-17(16-8-6-5-7-9-16)11-10-15-13-19-20(4-2)14-15/h5-9,13-14,17-18H,3-4,10-12H2,1-2H3. The van der Waals surface area contributed by atoms with Crippen LogP contribution in [-0.2, 0) is 13.0 Å². The Labute approximate surface area is 122 Å². The summed E-state index contributed by atoms with van der Waals surface area (Å²) >= 11 is 0. The second-order valence-electron chi connectivity index (χ2n) is 5.16. The molecular formula is C17H25N3. The Kier molecular flexibility index (Phi) is 5.81. The van der Waals surface area contributed by atoms with Crippen molar-refractivity contribution in [2.24, 2.45) is 0 Å². The van der Waals surface area contributed by atoms with Crippen molar-refractivity contribution in [3.8, 4) is 0 Å². The summed E-state index contributed by atoms with van der Waals surface area (Å²) in [6.45, 7) is 6.33. The third-order valence-electron chi connectivity index (χ3n) is 3.58. The second-order valence-corrected chi connectivity index (χ2v) is 5.16. The number of hydrogen-bond donors (Lipinski definition) is 1. The molecule has 0 amide bonds. The normalized spacial score (nSPS) is 12.5. The van der Waals surface area contributed by atoms with Gasteiger partial charge in [0.05, 0.1) is 6.20 Å². The smallest absolute Gasteiger partial charge is 0.0521 e. The van der Waals surface area contributed by atoms with Crippen molar-refractivity contribution in [3.63, 3.8) is 0 Å². The minimum atomic E-state index is 0.432. The van der Waals surface area contributed by atoms with Gasteiger partial charge in [-0.1, -0.05) is 37.3 Å². The zero-order valence-corrected chi connectivity index (χ0v) is 12.5. The highest BCUT2D eigenvalue weighted by Crippen LogP contribution is 2.19. The fourth-order valence-corrected chi connectivity index (χ4v) is 2.41. The summed E-state index contributed by atoms with van der Waals surface area (Å²) in [5, 5.41) is 7.99. The lowest BCUT2D eigenvalue weighted by atomic mass is 10.00. The number of benzene rings is 1. The van der Waals surface area contributed by atoms with E-state index in [-0.39, 0.29) is 0 Å². The zero-order chi connectivity index (χ0) is 14.2. The van der Waals surface area contributed by atoms with Crippen LogP contribution < -0.4 is 5.32 Å². The molecule has 1 aromatic carbocycles. The minimum Gasteiger partial charge on any atom is -0.310 e. The molecule has 1 heterocycles. The van der Waals surface area contributed by atoms with E-state index in [1.807, 2.05) is 10.9 Å². The first-order chi connectivity index (χ1) is 9.83. The largest absolute Gasteiger partial charge is 0.310 e. The molecule has 3 heteroatoms. The van der Waals surface area contributed by atoms with Crippen LogP contribution in [0.5, 0.6) is 0 Å². The molecular weight excluding hydrogens is 246 g/mol.